The SMILES string of the molecule is O=C(O)Cc1c(C(=O)O)[nH]c2ccc(N(S(=O)(=O)C(F)(F)F)S(=O)(=O)C(F)(F)F)cc12. The third-order valence-corrected chi connectivity index (χ3v) is 7.31. The fourth-order valence-corrected chi connectivity index (χ4v) is 5.16. The maximum Gasteiger partial charge on any atom is 0.517 e. The second kappa shape index (κ2) is 7.29. The molecule has 0 atom stereocenters. The number of nitrogens with one attached hydrogen (secondary N) is 1. The van der Waals surface area contributed by atoms with Gasteiger partial charge in [-0.05, 0) is 18.2 Å². The molecule has 0 spiro atoms. The van der Waals surface area contributed by atoms with Crippen molar-refractivity contribution in [3.05, 3.63) is 29.5 Å². The molecule has 0 fully saturated rings. The lowest BCUT2D eigenvalue weighted by molar-refractivity contribution is -0.136. The first-order valence-corrected chi connectivity index (χ1v) is 10.2. The van der Waals surface area contributed by atoms with E-state index in [9.17, 15) is 52.8 Å². The van der Waals surface area contributed by atoms with Crippen LogP contribution in [0.25, 0.3) is 10.9 Å². The second-order valence-corrected chi connectivity index (χ2v) is 9.47. The smallest absolute Gasteiger partial charge is 0.481 e. The predicted octanol–water partition coefficient (Wildman–Crippen LogP) is 2.00. The average Bonchev–Trinajstić information content (AvgIpc) is 2.90. The first kappa shape index (κ1) is 24.3. The Bertz CT molecular complexity index is 1230. The van der Waals surface area contributed by atoms with Gasteiger partial charge in [-0.1, -0.05) is 0 Å². The van der Waals surface area contributed by atoms with Gasteiger partial charge in [0, 0.05) is 16.5 Å². The van der Waals surface area contributed by atoms with E-state index in [1.807, 2.05) is 0 Å². The molecule has 2 aromatic rings. The van der Waals surface area contributed by atoms with Crippen molar-refractivity contribution < 1.29 is 63.0 Å². The van der Waals surface area contributed by atoms with Crippen molar-refractivity contribution in [2.24, 2.45) is 0 Å². The lowest BCUT2D eigenvalue weighted by atomic mass is 10.1. The number of benzene rings is 1. The molecule has 1 heterocycles. The van der Waals surface area contributed by atoms with Crippen LogP contribution in [0, 0.1) is 0 Å². The van der Waals surface area contributed by atoms with Crippen LogP contribution in [-0.4, -0.2) is 55.0 Å². The third-order valence-electron chi connectivity index (χ3n) is 3.66. The van der Waals surface area contributed by atoms with E-state index < -0.39 is 75.5 Å². The van der Waals surface area contributed by atoms with E-state index >= 15 is 0 Å². The predicted molar refractivity (Wildman–Crippen MR) is 89.0 cm³/mol. The number of carbonyl (C=O) groups is 2. The van der Waals surface area contributed by atoms with Gasteiger partial charge in [-0.25, -0.2) is 4.79 Å². The topological polar surface area (TPSA) is 162 Å². The molecule has 0 bridgehead atoms. The van der Waals surface area contributed by atoms with E-state index in [-0.39, 0.29) is 17.6 Å². The summed E-state index contributed by atoms with van der Waals surface area (Å²) < 4.78 is 122. The van der Waals surface area contributed by atoms with Crippen LogP contribution in [-0.2, 0) is 31.3 Å². The van der Waals surface area contributed by atoms with Crippen molar-refractivity contribution in [2.45, 2.75) is 17.4 Å². The molecule has 0 radical (unpaired) electrons. The van der Waals surface area contributed by atoms with Gasteiger partial charge in [0.25, 0.3) is 0 Å². The highest BCUT2D eigenvalue weighted by Crippen LogP contribution is 2.40. The number of anilines is 1. The first-order valence-electron chi connectivity index (χ1n) is 7.35. The molecule has 0 saturated carbocycles. The second-order valence-electron chi connectivity index (χ2n) is 5.68. The summed E-state index contributed by atoms with van der Waals surface area (Å²) in [7, 11) is -14.3. The van der Waals surface area contributed by atoms with Gasteiger partial charge in [0.05, 0.1) is 12.1 Å². The van der Waals surface area contributed by atoms with E-state index in [0.29, 0.717) is 6.07 Å². The van der Waals surface area contributed by atoms with Gasteiger partial charge in [0.1, 0.15) is 5.69 Å². The summed E-state index contributed by atoms with van der Waals surface area (Å²) in [4.78, 5) is 24.4. The number of alkyl halides is 6. The number of fused-ring (bicyclic) bond motifs is 1. The number of sulfonamides is 2. The Kier molecular flexibility index (Phi) is 5.70. The van der Waals surface area contributed by atoms with E-state index in [0.717, 1.165) is 0 Å². The van der Waals surface area contributed by atoms with Gasteiger partial charge in [-0.3, -0.25) is 4.79 Å². The minimum absolute atomic E-state index is 0.184. The number of H-pyrrole nitrogens is 1. The zero-order valence-corrected chi connectivity index (χ0v) is 15.9. The van der Waals surface area contributed by atoms with Crippen LogP contribution in [0.1, 0.15) is 16.1 Å². The van der Waals surface area contributed by atoms with Crippen molar-refractivity contribution >= 4 is 48.6 Å². The van der Waals surface area contributed by atoms with Gasteiger partial charge in [0.15, 0.2) is 0 Å². The number of aromatic amines is 1. The molecule has 0 unspecified atom stereocenters. The van der Waals surface area contributed by atoms with Gasteiger partial charge >= 0.3 is 43.0 Å². The molecule has 10 nitrogen and oxygen atoms in total. The van der Waals surface area contributed by atoms with Crippen LogP contribution in [0.3, 0.4) is 0 Å². The highest BCUT2D eigenvalue weighted by atomic mass is 32.3. The van der Waals surface area contributed by atoms with Gasteiger partial charge in [-0.2, -0.15) is 43.2 Å². The Balaban J connectivity index is 2.95. The number of hydrogen-bond acceptors (Lipinski definition) is 6. The minimum Gasteiger partial charge on any atom is -0.481 e. The summed E-state index contributed by atoms with van der Waals surface area (Å²) in [6.07, 6.45) is -1.09. The molecule has 0 amide bonds. The van der Waals surface area contributed by atoms with E-state index in [4.69, 9.17) is 10.2 Å². The summed E-state index contributed by atoms with van der Waals surface area (Å²) in [5.41, 5.74) is -16.4. The Hall–Kier alpha value is -3.02. The van der Waals surface area contributed by atoms with Crippen LogP contribution < -0.4 is 3.71 Å². The average molecular weight is 498 g/mol. The highest BCUT2D eigenvalue weighted by molar-refractivity contribution is 8.11. The number of carboxylic acids is 2. The monoisotopic (exact) mass is 498 g/mol. The van der Waals surface area contributed by atoms with Crippen molar-refractivity contribution in [1.82, 2.24) is 4.98 Å². The number of rotatable bonds is 6. The number of nitrogens with zero attached hydrogens (tertiary/aromatic N) is 1. The minimum atomic E-state index is -7.16. The number of aliphatic carboxylic acids is 1. The number of halogens is 6. The number of carboxylic acid groups (broad SMARTS) is 2. The molecule has 0 saturated heterocycles. The molecule has 172 valence electrons. The molecule has 18 heteroatoms. The van der Waals surface area contributed by atoms with Gasteiger partial charge in [-0.15, -0.1) is 3.71 Å². The van der Waals surface area contributed by atoms with Crippen LogP contribution in [0.15, 0.2) is 18.2 Å². The van der Waals surface area contributed by atoms with Crippen molar-refractivity contribution in [2.75, 3.05) is 3.71 Å². The molecule has 3 N–H and O–H groups in total. The van der Waals surface area contributed by atoms with Crippen LogP contribution in [0.4, 0.5) is 32.0 Å². The fourth-order valence-electron chi connectivity index (χ4n) is 2.46. The summed E-state index contributed by atoms with van der Waals surface area (Å²) in [6, 6.07) is 1.01. The summed E-state index contributed by atoms with van der Waals surface area (Å²) in [6.45, 7) is 0. The Morgan fingerprint density at radius 3 is 1.81 bits per heavy atom. The largest absolute Gasteiger partial charge is 0.517 e. The fraction of sp³-hybridized carbons (Fsp3) is 0.231. The van der Waals surface area contributed by atoms with E-state index in [1.54, 1.807) is 0 Å². The van der Waals surface area contributed by atoms with Gasteiger partial charge < -0.3 is 15.2 Å². The number of aromatic nitrogens is 1. The maximum absolute atomic E-state index is 12.9. The Morgan fingerprint density at radius 1 is 0.935 bits per heavy atom. The molecule has 0 aliphatic heterocycles. The van der Waals surface area contributed by atoms with Crippen LogP contribution in [0.2, 0.25) is 0 Å². The maximum atomic E-state index is 12.9. The molecular formula is C13H8F6N2O8S2. The Labute approximate surface area is 167 Å². The van der Waals surface area contributed by atoms with Crippen molar-refractivity contribution in [3.63, 3.8) is 0 Å². The molecule has 31 heavy (non-hydrogen) atoms. The standard InChI is InChI=1S/C13H8F6N2O8S2/c14-12(15,16)30(26,27)21(31(28,29)13(17,18)19)5-1-2-8-6(3-5)7(4-9(22)23)10(20-8)11(24)25/h1-3,20H,4H2,(H,22,23)(H,24,25). The summed E-state index contributed by atoms with van der Waals surface area (Å²) in [5.74, 6) is -3.41. The number of aromatic carboxylic acids is 1. The zero-order chi connectivity index (χ0) is 24.2. The van der Waals surface area contributed by atoms with Crippen molar-refractivity contribution in [3.8, 4) is 0 Å². The molecule has 0 aliphatic carbocycles. The molecule has 0 aliphatic rings. The quantitative estimate of drug-likeness (QED) is 0.510. The molecular weight excluding hydrogens is 490 g/mol. The van der Waals surface area contributed by atoms with Gasteiger partial charge in [0.2, 0.25) is 0 Å². The van der Waals surface area contributed by atoms with E-state index in [1.165, 1.54) is 0 Å². The lowest BCUT2D eigenvalue weighted by Crippen LogP contribution is -2.49. The lowest BCUT2D eigenvalue weighted by Gasteiger charge is -2.25. The van der Waals surface area contributed by atoms with Crippen molar-refractivity contribution in [1.29, 1.82) is 0 Å². The molecule has 1 aromatic heterocycles. The Morgan fingerprint density at radius 2 is 1.42 bits per heavy atom. The van der Waals surface area contributed by atoms with Crippen LogP contribution in [0.5, 0.6) is 0 Å². The van der Waals surface area contributed by atoms with Crippen LogP contribution >= 0.6 is 0 Å². The molecule has 2 rings (SSSR count). The normalized spacial score (nSPS) is 13.4. The number of hydrogen-bond donors (Lipinski definition) is 3. The zero-order valence-electron chi connectivity index (χ0n) is 14.3. The summed E-state index contributed by atoms with van der Waals surface area (Å²) in [5, 5.41) is 17.4. The summed E-state index contributed by atoms with van der Waals surface area (Å²) >= 11 is 0. The van der Waals surface area contributed by atoms with E-state index in [2.05, 4.69) is 4.98 Å². The molecule has 1 aromatic carbocycles. The highest BCUT2D eigenvalue weighted by Gasteiger charge is 2.61. The first-order chi connectivity index (χ1) is 13.8. The third kappa shape index (κ3) is 4.11.